The van der Waals surface area contributed by atoms with E-state index in [1.165, 1.54) is 4.52 Å². The maximum Gasteiger partial charge on any atom is 0.295 e. The average molecular weight is 302 g/mol. The van der Waals surface area contributed by atoms with Gasteiger partial charge in [0.25, 0.3) is 11.7 Å². The Hall–Kier alpha value is -2.47. The van der Waals surface area contributed by atoms with Crippen molar-refractivity contribution in [3.8, 4) is 0 Å². The fraction of sp³-hybridized carbons (Fsp3) is 0.143. The van der Waals surface area contributed by atoms with Crippen molar-refractivity contribution in [3.05, 3.63) is 52.6 Å². The lowest BCUT2D eigenvalue weighted by Gasteiger charge is -2.03. The number of halogens is 1. The zero-order chi connectivity index (χ0) is 15.0. The number of hydrogen-bond acceptors (Lipinski definition) is 4. The summed E-state index contributed by atoms with van der Waals surface area (Å²) in [6.45, 7) is 3.75. The Morgan fingerprint density at radius 3 is 2.76 bits per heavy atom. The molecule has 6 nitrogen and oxygen atoms in total. The van der Waals surface area contributed by atoms with E-state index in [1.54, 1.807) is 24.3 Å². The van der Waals surface area contributed by atoms with Crippen LogP contribution in [0.3, 0.4) is 0 Å². The van der Waals surface area contributed by atoms with E-state index in [1.807, 2.05) is 19.9 Å². The predicted molar refractivity (Wildman–Crippen MR) is 79.7 cm³/mol. The van der Waals surface area contributed by atoms with Crippen molar-refractivity contribution in [2.75, 3.05) is 5.32 Å². The molecular weight excluding hydrogens is 290 g/mol. The zero-order valence-corrected chi connectivity index (χ0v) is 12.2. The molecule has 106 valence electrons. The first-order valence-corrected chi connectivity index (χ1v) is 6.69. The van der Waals surface area contributed by atoms with Crippen molar-refractivity contribution in [2.45, 2.75) is 13.8 Å². The van der Waals surface area contributed by atoms with Gasteiger partial charge >= 0.3 is 0 Å². The van der Waals surface area contributed by atoms with Crippen LogP contribution in [0.1, 0.15) is 22.0 Å². The number of carbonyl (C=O) groups excluding carboxylic acids is 1. The minimum atomic E-state index is -0.425. The number of fused-ring (bicyclic) bond motifs is 1. The highest BCUT2D eigenvalue weighted by Crippen LogP contribution is 2.20. The van der Waals surface area contributed by atoms with Crippen molar-refractivity contribution in [3.63, 3.8) is 0 Å². The number of aromatic nitrogens is 4. The molecule has 0 unspecified atom stereocenters. The first-order valence-electron chi connectivity index (χ1n) is 6.31. The molecular formula is C14H12ClN5O. The topological polar surface area (TPSA) is 72.2 Å². The first-order chi connectivity index (χ1) is 10.0. The summed E-state index contributed by atoms with van der Waals surface area (Å²) < 4.78 is 1.54. The Bertz CT molecular complexity index is 842. The van der Waals surface area contributed by atoms with Gasteiger partial charge in [0.1, 0.15) is 0 Å². The number of carbonyl (C=O) groups is 1. The van der Waals surface area contributed by atoms with Crippen LogP contribution in [-0.4, -0.2) is 25.5 Å². The van der Waals surface area contributed by atoms with Crippen molar-refractivity contribution in [1.82, 2.24) is 19.6 Å². The van der Waals surface area contributed by atoms with Crippen LogP contribution in [0.25, 0.3) is 5.78 Å². The summed E-state index contributed by atoms with van der Waals surface area (Å²) in [5.41, 5.74) is 2.20. The van der Waals surface area contributed by atoms with Gasteiger partial charge in [0.2, 0.25) is 5.82 Å². The molecule has 1 amide bonds. The summed E-state index contributed by atoms with van der Waals surface area (Å²) in [5.74, 6) is 0.0265. The Morgan fingerprint density at radius 2 is 2.00 bits per heavy atom. The van der Waals surface area contributed by atoms with Crippen molar-refractivity contribution in [2.24, 2.45) is 0 Å². The van der Waals surface area contributed by atoms with E-state index in [9.17, 15) is 4.79 Å². The number of benzene rings is 1. The molecule has 0 aliphatic heterocycles. The molecule has 2 aromatic heterocycles. The van der Waals surface area contributed by atoms with Gasteiger partial charge in [0.05, 0.1) is 10.7 Å². The summed E-state index contributed by atoms with van der Waals surface area (Å²) >= 11 is 6.01. The monoisotopic (exact) mass is 301 g/mol. The van der Waals surface area contributed by atoms with Crippen LogP contribution in [0, 0.1) is 13.8 Å². The number of nitrogens with zero attached hydrogens (tertiary/aromatic N) is 4. The minimum absolute atomic E-state index is 0.0520. The summed E-state index contributed by atoms with van der Waals surface area (Å²) in [4.78, 5) is 20.6. The molecule has 21 heavy (non-hydrogen) atoms. The summed E-state index contributed by atoms with van der Waals surface area (Å²) in [6.07, 6.45) is 0. The zero-order valence-electron chi connectivity index (χ0n) is 11.5. The highest BCUT2D eigenvalue weighted by molar-refractivity contribution is 6.33. The van der Waals surface area contributed by atoms with Crippen LogP contribution >= 0.6 is 11.6 Å². The summed E-state index contributed by atoms with van der Waals surface area (Å²) in [6, 6.07) is 8.86. The van der Waals surface area contributed by atoms with Crippen LogP contribution in [0.5, 0.6) is 0 Å². The smallest absolute Gasteiger partial charge is 0.295 e. The molecule has 0 bridgehead atoms. The van der Waals surface area contributed by atoms with Gasteiger partial charge in [0, 0.05) is 11.4 Å². The maximum atomic E-state index is 12.2. The van der Waals surface area contributed by atoms with E-state index in [2.05, 4.69) is 20.4 Å². The van der Waals surface area contributed by atoms with Crippen LogP contribution < -0.4 is 5.32 Å². The minimum Gasteiger partial charge on any atom is -0.318 e. The molecule has 1 N–H and O–H groups in total. The highest BCUT2D eigenvalue weighted by Gasteiger charge is 2.16. The number of rotatable bonds is 2. The molecule has 0 fully saturated rings. The second kappa shape index (κ2) is 5.14. The Morgan fingerprint density at radius 1 is 1.24 bits per heavy atom. The van der Waals surface area contributed by atoms with Crippen LogP contribution in [-0.2, 0) is 0 Å². The Labute approximate surface area is 125 Å². The van der Waals surface area contributed by atoms with Crippen molar-refractivity contribution in [1.29, 1.82) is 0 Å². The van der Waals surface area contributed by atoms with Crippen molar-refractivity contribution >= 4 is 29.0 Å². The average Bonchev–Trinajstić information content (AvgIpc) is 2.85. The molecule has 1 aromatic carbocycles. The van der Waals surface area contributed by atoms with Gasteiger partial charge in [-0.05, 0) is 32.0 Å². The van der Waals surface area contributed by atoms with E-state index >= 15 is 0 Å². The molecule has 7 heteroatoms. The first kappa shape index (κ1) is 13.5. The van der Waals surface area contributed by atoms with Crippen LogP contribution in [0.4, 0.5) is 5.69 Å². The summed E-state index contributed by atoms with van der Waals surface area (Å²) in [7, 11) is 0. The fourth-order valence-corrected chi connectivity index (χ4v) is 2.19. The van der Waals surface area contributed by atoms with Crippen LogP contribution in [0.15, 0.2) is 30.3 Å². The van der Waals surface area contributed by atoms with E-state index in [-0.39, 0.29) is 5.82 Å². The standard InChI is InChI=1S/C14H12ClN5O/c1-8-7-9(2)20-14(16-8)18-12(19-20)13(21)17-11-6-4-3-5-10(11)15/h3-7H,1-2H3,(H,17,21). The lowest BCUT2D eigenvalue weighted by Crippen LogP contribution is -2.14. The molecule has 0 radical (unpaired) electrons. The quantitative estimate of drug-likeness (QED) is 0.790. The van der Waals surface area contributed by atoms with Gasteiger partial charge in [-0.1, -0.05) is 23.7 Å². The molecule has 3 aromatic rings. The third-order valence-electron chi connectivity index (χ3n) is 2.94. The second-order valence-corrected chi connectivity index (χ2v) is 5.03. The molecule has 0 spiro atoms. The van der Waals surface area contributed by atoms with E-state index in [4.69, 9.17) is 11.6 Å². The highest BCUT2D eigenvalue weighted by atomic mass is 35.5. The lowest BCUT2D eigenvalue weighted by atomic mass is 10.3. The number of aryl methyl sites for hydroxylation is 2. The largest absolute Gasteiger partial charge is 0.318 e. The third kappa shape index (κ3) is 2.57. The van der Waals surface area contributed by atoms with Gasteiger partial charge in [-0.15, -0.1) is 5.10 Å². The SMILES string of the molecule is Cc1cc(C)n2nc(C(=O)Nc3ccccc3Cl)nc2n1. The van der Waals surface area contributed by atoms with Gasteiger partial charge in [-0.3, -0.25) is 4.79 Å². The third-order valence-corrected chi connectivity index (χ3v) is 3.27. The molecule has 0 saturated carbocycles. The number of anilines is 1. The molecule has 0 aliphatic carbocycles. The number of para-hydroxylation sites is 1. The predicted octanol–water partition coefficient (Wildman–Crippen LogP) is 2.65. The molecule has 0 atom stereocenters. The van der Waals surface area contributed by atoms with Gasteiger partial charge in [-0.2, -0.15) is 4.98 Å². The second-order valence-electron chi connectivity index (χ2n) is 4.62. The molecule has 0 aliphatic rings. The van der Waals surface area contributed by atoms with E-state index in [0.717, 1.165) is 11.4 Å². The molecule has 0 saturated heterocycles. The normalized spacial score (nSPS) is 10.8. The van der Waals surface area contributed by atoms with E-state index < -0.39 is 5.91 Å². The van der Waals surface area contributed by atoms with E-state index in [0.29, 0.717) is 16.5 Å². The Kier molecular flexibility index (Phi) is 3.31. The van der Waals surface area contributed by atoms with Gasteiger partial charge < -0.3 is 5.32 Å². The number of nitrogens with one attached hydrogen (secondary N) is 1. The maximum absolute atomic E-state index is 12.2. The molecule has 3 rings (SSSR count). The fourth-order valence-electron chi connectivity index (χ4n) is 2.00. The lowest BCUT2D eigenvalue weighted by molar-refractivity contribution is 0.101. The Balaban J connectivity index is 1.95. The summed E-state index contributed by atoms with van der Waals surface area (Å²) in [5, 5.41) is 7.31. The van der Waals surface area contributed by atoms with Gasteiger partial charge in [0.15, 0.2) is 0 Å². The van der Waals surface area contributed by atoms with Crippen LogP contribution in [0.2, 0.25) is 5.02 Å². The number of amides is 1. The van der Waals surface area contributed by atoms with Gasteiger partial charge in [-0.25, -0.2) is 9.50 Å². The molecule has 2 heterocycles. The van der Waals surface area contributed by atoms with Crippen molar-refractivity contribution < 1.29 is 4.79 Å². The number of hydrogen-bond donors (Lipinski definition) is 1.